The number of anilines is 1. The van der Waals surface area contributed by atoms with Crippen molar-refractivity contribution in [2.45, 2.75) is 24.5 Å². The minimum Gasteiger partial charge on any atom is -0.508 e. The van der Waals surface area contributed by atoms with E-state index in [1.165, 1.54) is 11.0 Å². The number of Topliss-reactive ketones (excluding diaryl/α,β-unsaturated/α-hetero) is 2. The Hall–Kier alpha value is -3.41. The first-order chi connectivity index (χ1) is 15.3. The molecule has 0 aliphatic heterocycles. The summed E-state index contributed by atoms with van der Waals surface area (Å²) in [5.74, 6) is -6.54. The molecule has 1 aromatic rings. The zero-order chi connectivity index (χ0) is 24.6. The molecule has 184 valence electrons. The maximum atomic E-state index is 13.7. The molecule has 0 spiro atoms. The van der Waals surface area contributed by atoms with Crippen LogP contribution in [0.5, 0.6) is 5.75 Å². The first-order valence-electron chi connectivity index (χ1n) is 10.5. The van der Waals surface area contributed by atoms with Crippen molar-refractivity contribution < 1.29 is 40.3 Å². The highest BCUT2D eigenvalue weighted by molar-refractivity contribution is 6.24. The van der Waals surface area contributed by atoms with Crippen LogP contribution in [0.15, 0.2) is 29.0 Å². The molecule has 1 aromatic carbocycles. The number of carbonyl (C=O) groups excluding carboxylic acids is 3. The minimum absolute atomic E-state index is 0. The molecule has 3 aliphatic carbocycles. The maximum Gasteiger partial charge on any atom is 0.255 e. The molecule has 3 aliphatic rings. The summed E-state index contributed by atoms with van der Waals surface area (Å²) < 4.78 is 0. The number of rotatable bonds is 3. The van der Waals surface area contributed by atoms with Crippen LogP contribution in [0.25, 0.3) is 5.76 Å². The number of aliphatic hydroxyl groups excluding tert-OH is 2. The molecule has 0 heterocycles. The van der Waals surface area contributed by atoms with Crippen LogP contribution in [0.1, 0.15) is 17.5 Å². The van der Waals surface area contributed by atoms with Gasteiger partial charge in [-0.2, -0.15) is 0 Å². The number of ketones is 2. The van der Waals surface area contributed by atoms with E-state index in [0.29, 0.717) is 5.56 Å². The number of benzene rings is 1. The van der Waals surface area contributed by atoms with E-state index in [9.17, 15) is 34.8 Å². The highest BCUT2D eigenvalue weighted by Crippen LogP contribution is 2.53. The lowest BCUT2D eigenvalue weighted by molar-refractivity contribution is -0.153. The van der Waals surface area contributed by atoms with Crippen LogP contribution in [0.4, 0.5) is 5.69 Å². The molecule has 11 nitrogen and oxygen atoms in total. The van der Waals surface area contributed by atoms with Crippen LogP contribution in [-0.4, -0.2) is 88.1 Å². The second-order valence-electron chi connectivity index (χ2n) is 9.31. The minimum atomic E-state index is -2.63. The van der Waals surface area contributed by atoms with E-state index in [1.54, 1.807) is 20.2 Å². The average Bonchev–Trinajstić information content (AvgIpc) is 2.70. The van der Waals surface area contributed by atoms with Gasteiger partial charge in [-0.05, 0) is 50.6 Å². The van der Waals surface area contributed by atoms with Gasteiger partial charge in [0.15, 0.2) is 11.4 Å². The molecule has 1 fully saturated rings. The van der Waals surface area contributed by atoms with Gasteiger partial charge in [-0.1, -0.05) is 0 Å². The smallest absolute Gasteiger partial charge is 0.255 e. The van der Waals surface area contributed by atoms with Crippen molar-refractivity contribution in [3.8, 4) is 5.75 Å². The van der Waals surface area contributed by atoms with Crippen LogP contribution >= 0.6 is 0 Å². The summed E-state index contributed by atoms with van der Waals surface area (Å²) in [6, 6.07) is 2.01. The number of likely N-dealkylation sites (N-methyl/N-ethyl adjacent to an activating group) is 1. The molecule has 1 amide bonds. The highest BCUT2D eigenvalue weighted by atomic mass is 16.3. The molecule has 1 saturated carbocycles. The van der Waals surface area contributed by atoms with Crippen molar-refractivity contribution in [3.63, 3.8) is 0 Å². The van der Waals surface area contributed by atoms with E-state index in [0.717, 1.165) is 5.69 Å². The van der Waals surface area contributed by atoms with Gasteiger partial charge in [0.05, 0.1) is 11.6 Å². The molecular formula is C23H29N3O8. The van der Waals surface area contributed by atoms with E-state index in [4.69, 9.17) is 5.73 Å². The maximum absolute atomic E-state index is 13.7. The Balaban J connectivity index is 0.00000324. The van der Waals surface area contributed by atoms with Crippen molar-refractivity contribution in [3.05, 3.63) is 40.2 Å². The number of nitrogens with zero attached hydrogens (tertiary/aromatic N) is 2. The Morgan fingerprint density at radius 3 is 2.26 bits per heavy atom. The fourth-order valence-corrected chi connectivity index (χ4v) is 5.65. The van der Waals surface area contributed by atoms with Crippen LogP contribution in [0.3, 0.4) is 0 Å². The summed E-state index contributed by atoms with van der Waals surface area (Å²) in [4.78, 5) is 42.0. The molecule has 11 heteroatoms. The van der Waals surface area contributed by atoms with Crippen LogP contribution in [-0.2, 0) is 20.8 Å². The third kappa shape index (κ3) is 3.11. The van der Waals surface area contributed by atoms with Crippen molar-refractivity contribution in [1.82, 2.24) is 4.90 Å². The fourth-order valence-electron chi connectivity index (χ4n) is 5.65. The monoisotopic (exact) mass is 475 g/mol. The number of phenols is 1. The number of aromatic hydroxyl groups is 1. The largest absolute Gasteiger partial charge is 0.508 e. The van der Waals surface area contributed by atoms with Gasteiger partial charge in [0.2, 0.25) is 5.78 Å². The van der Waals surface area contributed by atoms with Crippen LogP contribution in [0.2, 0.25) is 0 Å². The zero-order valence-corrected chi connectivity index (χ0v) is 19.3. The standard InChI is InChI=1S/C23H27N3O7.H2O/c1-25(2)12-5-6-13(27)15-10(12)7-9-8-11-17(26(3)4)19(29)16(22(24)32)21(31)23(11,33)20(30)14(9)18(15)28;/h5-6,9,11,17,27-28,31,33H,7-8H2,1-4H3,(H2,24,32);1H2/t9-,11-,17+,23+;/m1./s1. The van der Waals surface area contributed by atoms with Gasteiger partial charge in [-0.3, -0.25) is 19.3 Å². The number of amides is 1. The second-order valence-corrected chi connectivity index (χ2v) is 9.31. The molecule has 4 atom stereocenters. The van der Waals surface area contributed by atoms with E-state index in [2.05, 4.69) is 0 Å². The Bertz CT molecular complexity index is 1170. The van der Waals surface area contributed by atoms with Gasteiger partial charge >= 0.3 is 0 Å². The molecule has 0 aromatic heterocycles. The quantitative estimate of drug-likeness (QED) is 0.348. The first kappa shape index (κ1) is 25.2. The molecule has 0 unspecified atom stereocenters. The number of aliphatic hydroxyl groups is 3. The molecule has 0 saturated heterocycles. The topological polar surface area (TPSA) is 196 Å². The lowest BCUT2D eigenvalue weighted by Gasteiger charge is -2.50. The van der Waals surface area contributed by atoms with Crippen LogP contribution < -0.4 is 10.6 Å². The van der Waals surface area contributed by atoms with E-state index < -0.39 is 58.0 Å². The summed E-state index contributed by atoms with van der Waals surface area (Å²) in [6.07, 6.45) is 0.324. The van der Waals surface area contributed by atoms with Gasteiger partial charge in [0, 0.05) is 31.3 Å². The predicted molar refractivity (Wildman–Crippen MR) is 122 cm³/mol. The molecule has 34 heavy (non-hydrogen) atoms. The zero-order valence-electron chi connectivity index (χ0n) is 19.3. The van der Waals surface area contributed by atoms with Crippen molar-refractivity contribution in [2.75, 3.05) is 33.1 Å². The average molecular weight is 475 g/mol. The molecule has 8 N–H and O–H groups in total. The summed E-state index contributed by atoms with van der Waals surface area (Å²) in [5, 5.41) is 43.9. The van der Waals surface area contributed by atoms with Crippen molar-refractivity contribution in [2.24, 2.45) is 17.6 Å². The van der Waals surface area contributed by atoms with Gasteiger partial charge in [-0.25, -0.2) is 0 Å². The fraction of sp³-hybridized carbons (Fsp3) is 0.435. The number of primary amides is 1. The Labute approximate surface area is 195 Å². The van der Waals surface area contributed by atoms with E-state index in [-0.39, 0.29) is 35.2 Å². The lowest BCUT2D eigenvalue weighted by Crippen LogP contribution is -2.65. The Kier molecular flexibility index (Phi) is 6.02. The number of carbonyl (C=O) groups is 3. The molecular weight excluding hydrogens is 446 g/mol. The number of nitrogens with two attached hydrogens (primary N) is 1. The predicted octanol–water partition coefficient (Wildman–Crippen LogP) is -0.795. The van der Waals surface area contributed by atoms with Crippen molar-refractivity contribution in [1.29, 1.82) is 0 Å². The van der Waals surface area contributed by atoms with Gasteiger partial charge in [0.25, 0.3) is 5.91 Å². The number of hydrogen-bond donors (Lipinski definition) is 5. The van der Waals surface area contributed by atoms with Gasteiger partial charge in [0.1, 0.15) is 22.8 Å². The van der Waals surface area contributed by atoms with E-state index >= 15 is 0 Å². The number of hydrogen-bond acceptors (Lipinski definition) is 9. The number of phenolic OH excluding ortho intramolecular Hbond substituents is 1. The summed E-state index contributed by atoms with van der Waals surface area (Å²) >= 11 is 0. The highest BCUT2D eigenvalue weighted by Gasteiger charge is 2.64. The molecule has 0 radical (unpaired) electrons. The Morgan fingerprint density at radius 1 is 1.12 bits per heavy atom. The SMILES string of the molecule is CN(C)c1ccc(O)c2c1C[C@@H]1C[C@@H]3[C@H](N(C)C)C(=O)C(C(N)=O)=C(O)[C@@]3(O)C(=O)C1=C2O.O. The molecule has 4 rings (SSSR count). The summed E-state index contributed by atoms with van der Waals surface area (Å²) in [7, 11) is 6.75. The number of fused-ring (bicyclic) bond motifs is 3. The lowest BCUT2D eigenvalue weighted by atomic mass is 9.57. The van der Waals surface area contributed by atoms with Crippen LogP contribution in [0, 0.1) is 11.8 Å². The Morgan fingerprint density at radius 2 is 1.74 bits per heavy atom. The van der Waals surface area contributed by atoms with Gasteiger partial charge in [-0.15, -0.1) is 0 Å². The van der Waals surface area contributed by atoms with Crippen molar-refractivity contribution >= 4 is 28.9 Å². The normalized spacial score (nSPS) is 28.2. The van der Waals surface area contributed by atoms with Gasteiger partial charge < -0.3 is 36.5 Å². The summed E-state index contributed by atoms with van der Waals surface area (Å²) in [6.45, 7) is 0. The third-order valence-corrected chi connectivity index (χ3v) is 7.06. The summed E-state index contributed by atoms with van der Waals surface area (Å²) in [5.41, 5.74) is 3.15. The first-order valence-corrected chi connectivity index (χ1v) is 10.5. The second kappa shape index (κ2) is 8.12. The molecule has 0 bridgehead atoms. The third-order valence-electron chi connectivity index (χ3n) is 7.06. The van der Waals surface area contributed by atoms with E-state index in [1.807, 2.05) is 19.0 Å².